The first-order valence-corrected chi connectivity index (χ1v) is 7.60. The minimum Gasteiger partial charge on any atom is -0.497 e. The van der Waals surface area contributed by atoms with E-state index in [-0.39, 0.29) is 0 Å². The highest BCUT2D eigenvalue weighted by atomic mass is 16.5. The molecule has 2 rings (SSSR count). The van der Waals surface area contributed by atoms with Crippen molar-refractivity contribution in [3.05, 3.63) is 65.2 Å². The van der Waals surface area contributed by atoms with Gasteiger partial charge in [-0.25, -0.2) is 0 Å². The zero-order valence-corrected chi connectivity index (χ0v) is 13.4. The van der Waals surface area contributed by atoms with Crippen molar-refractivity contribution in [3.63, 3.8) is 0 Å². The topological polar surface area (TPSA) is 21.3 Å². The van der Waals surface area contributed by atoms with Crippen LogP contribution < -0.4 is 10.1 Å². The van der Waals surface area contributed by atoms with Crippen molar-refractivity contribution in [1.82, 2.24) is 5.32 Å². The molecule has 0 saturated carbocycles. The number of rotatable bonds is 6. The van der Waals surface area contributed by atoms with Crippen LogP contribution in [0, 0.1) is 6.92 Å². The summed E-state index contributed by atoms with van der Waals surface area (Å²) < 4.78 is 5.21. The van der Waals surface area contributed by atoms with Crippen LogP contribution in [0.5, 0.6) is 5.75 Å². The predicted molar refractivity (Wildman–Crippen MR) is 88.8 cm³/mol. The SMILES string of the molecule is CCC(NC(C)c1ccc(OC)cc1)c1ccc(C)cc1. The van der Waals surface area contributed by atoms with Crippen molar-refractivity contribution in [2.24, 2.45) is 0 Å². The lowest BCUT2D eigenvalue weighted by Gasteiger charge is -2.23. The van der Waals surface area contributed by atoms with E-state index in [2.05, 4.69) is 62.5 Å². The summed E-state index contributed by atoms with van der Waals surface area (Å²) in [6.07, 6.45) is 1.07. The van der Waals surface area contributed by atoms with Gasteiger partial charge in [0.05, 0.1) is 7.11 Å². The number of nitrogens with one attached hydrogen (secondary N) is 1. The van der Waals surface area contributed by atoms with Crippen molar-refractivity contribution in [3.8, 4) is 5.75 Å². The molecule has 2 unspecified atom stereocenters. The van der Waals surface area contributed by atoms with Crippen LogP contribution in [0.1, 0.15) is 49.0 Å². The Morgan fingerprint density at radius 3 is 2.05 bits per heavy atom. The van der Waals surface area contributed by atoms with Crippen molar-refractivity contribution in [2.45, 2.75) is 39.3 Å². The Kier molecular flexibility index (Phi) is 5.40. The first-order valence-electron chi connectivity index (χ1n) is 7.60. The van der Waals surface area contributed by atoms with Crippen LogP contribution in [0.3, 0.4) is 0 Å². The minimum atomic E-state index is 0.308. The standard InChI is InChI=1S/C19H25NO/c1-5-19(17-8-6-14(2)7-9-17)20-15(3)16-10-12-18(21-4)13-11-16/h6-13,15,19-20H,5H2,1-4H3. The Morgan fingerprint density at radius 2 is 1.52 bits per heavy atom. The molecule has 0 bridgehead atoms. The Balaban J connectivity index is 2.08. The van der Waals surface area contributed by atoms with E-state index in [1.807, 2.05) is 12.1 Å². The molecule has 0 spiro atoms. The van der Waals surface area contributed by atoms with Gasteiger partial charge in [-0.15, -0.1) is 0 Å². The lowest BCUT2D eigenvalue weighted by Crippen LogP contribution is -2.24. The molecular formula is C19H25NO. The first kappa shape index (κ1) is 15.6. The average molecular weight is 283 g/mol. The molecule has 0 aliphatic heterocycles. The maximum Gasteiger partial charge on any atom is 0.118 e. The normalized spacial score (nSPS) is 13.7. The molecule has 0 aliphatic carbocycles. The fraction of sp³-hybridized carbons (Fsp3) is 0.368. The number of methoxy groups -OCH3 is 1. The van der Waals surface area contributed by atoms with Crippen LogP contribution in [0.15, 0.2) is 48.5 Å². The van der Waals surface area contributed by atoms with E-state index in [0.717, 1.165) is 12.2 Å². The highest BCUT2D eigenvalue weighted by Gasteiger charge is 2.13. The molecule has 0 fully saturated rings. The van der Waals surface area contributed by atoms with Gasteiger partial charge in [0.2, 0.25) is 0 Å². The van der Waals surface area contributed by atoms with Gasteiger partial charge in [0.25, 0.3) is 0 Å². The van der Waals surface area contributed by atoms with Gasteiger partial charge in [0, 0.05) is 12.1 Å². The summed E-state index contributed by atoms with van der Waals surface area (Å²) >= 11 is 0. The third-order valence-electron chi connectivity index (χ3n) is 3.95. The van der Waals surface area contributed by atoms with Crippen molar-refractivity contribution >= 4 is 0 Å². The quantitative estimate of drug-likeness (QED) is 0.821. The zero-order chi connectivity index (χ0) is 15.2. The number of ether oxygens (including phenoxy) is 1. The summed E-state index contributed by atoms with van der Waals surface area (Å²) in [5.74, 6) is 0.900. The molecular weight excluding hydrogens is 258 g/mol. The second kappa shape index (κ2) is 7.28. The van der Waals surface area contributed by atoms with Crippen LogP contribution in [0.2, 0.25) is 0 Å². The molecule has 1 N–H and O–H groups in total. The molecule has 2 atom stereocenters. The summed E-state index contributed by atoms with van der Waals surface area (Å²) in [5.41, 5.74) is 3.93. The van der Waals surface area contributed by atoms with Gasteiger partial charge < -0.3 is 10.1 Å². The maximum atomic E-state index is 5.21. The fourth-order valence-corrected chi connectivity index (χ4v) is 2.54. The van der Waals surface area contributed by atoms with Crippen LogP contribution in [-0.2, 0) is 0 Å². The van der Waals surface area contributed by atoms with E-state index in [1.54, 1.807) is 7.11 Å². The monoisotopic (exact) mass is 283 g/mol. The van der Waals surface area contributed by atoms with Gasteiger partial charge in [0.15, 0.2) is 0 Å². The molecule has 0 heterocycles. The fourth-order valence-electron chi connectivity index (χ4n) is 2.54. The molecule has 2 heteroatoms. The van der Waals surface area contributed by atoms with E-state index in [1.165, 1.54) is 16.7 Å². The van der Waals surface area contributed by atoms with E-state index < -0.39 is 0 Å². The Morgan fingerprint density at radius 1 is 0.952 bits per heavy atom. The Hall–Kier alpha value is -1.80. The molecule has 0 amide bonds. The number of aryl methyl sites for hydroxylation is 1. The minimum absolute atomic E-state index is 0.308. The second-order valence-corrected chi connectivity index (χ2v) is 5.53. The molecule has 0 aromatic heterocycles. The molecule has 0 saturated heterocycles. The summed E-state index contributed by atoms with van der Waals surface area (Å²) in [4.78, 5) is 0. The third kappa shape index (κ3) is 4.08. The van der Waals surface area contributed by atoms with E-state index in [4.69, 9.17) is 4.74 Å². The summed E-state index contributed by atoms with van der Waals surface area (Å²) in [5, 5.41) is 3.72. The summed E-state index contributed by atoms with van der Waals surface area (Å²) in [6.45, 7) is 6.55. The summed E-state index contributed by atoms with van der Waals surface area (Å²) in [7, 11) is 1.70. The molecule has 0 aliphatic rings. The van der Waals surface area contributed by atoms with Gasteiger partial charge in [-0.2, -0.15) is 0 Å². The maximum absolute atomic E-state index is 5.21. The van der Waals surface area contributed by atoms with Gasteiger partial charge in [-0.3, -0.25) is 0 Å². The number of hydrogen-bond donors (Lipinski definition) is 1. The molecule has 2 nitrogen and oxygen atoms in total. The molecule has 2 aromatic rings. The van der Waals surface area contributed by atoms with E-state index >= 15 is 0 Å². The van der Waals surface area contributed by atoms with Crippen molar-refractivity contribution < 1.29 is 4.74 Å². The largest absolute Gasteiger partial charge is 0.497 e. The average Bonchev–Trinajstić information content (AvgIpc) is 2.53. The molecule has 0 radical (unpaired) electrons. The highest BCUT2D eigenvalue weighted by Crippen LogP contribution is 2.23. The first-order chi connectivity index (χ1) is 10.1. The van der Waals surface area contributed by atoms with E-state index in [9.17, 15) is 0 Å². The number of benzene rings is 2. The van der Waals surface area contributed by atoms with Gasteiger partial charge in [0.1, 0.15) is 5.75 Å². The van der Waals surface area contributed by atoms with Crippen LogP contribution in [0.4, 0.5) is 0 Å². The van der Waals surface area contributed by atoms with Crippen LogP contribution in [-0.4, -0.2) is 7.11 Å². The van der Waals surface area contributed by atoms with Gasteiger partial charge in [-0.1, -0.05) is 48.9 Å². The summed E-state index contributed by atoms with van der Waals surface area (Å²) in [6, 6.07) is 17.8. The van der Waals surface area contributed by atoms with Crippen LogP contribution >= 0.6 is 0 Å². The zero-order valence-electron chi connectivity index (χ0n) is 13.4. The highest BCUT2D eigenvalue weighted by molar-refractivity contribution is 5.29. The molecule has 112 valence electrons. The smallest absolute Gasteiger partial charge is 0.118 e. The Labute approximate surface area is 128 Å². The molecule has 21 heavy (non-hydrogen) atoms. The van der Waals surface area contributed by atoms with E-state index in [0.29, 0.717) is 12.1 Å². The van der Waals surface area contributed by atoms with Crippen molar-refractivity contribution in [1.29, 1.82) is 0 Å². The van der Waals surface area contributed by atoms with Crippen molar-refractivity contribution in [2.75, 3.05) is 7.11 Å². The van der Waals surface area contributed by atoms with Gasteiger partial charge >= 0.3 is 0 Å². The van der Waals surface area contributed by atoms with Gasteiger partial charge in [-0.05, 0) is 43.5 Å². The second-order valence-electron chi connectivity index (χ2n) is 5.53. The lowest BCUT2D eigenvalue weighted by atomic mass is 10.0. The predicted octanol–water partition coefficient (Wildman–Crippen LogP) is 4.81. The Bertz CT molecular complexity index is 545. The molecule has 2 aromatic carbocycles. The number of hydrogen-bond acceptors (Lipinski definition) is 2. The third-order valence-corrected chi connectivity index (χ3v) is 3.95. The lowest BCUT2D eigenvalue weighted by molar-refractivity contribution is 0.413. The van der Waals surface area contributed by atoms with Crippen LogP contribution in [0.25, 0.3) is 0 Å².